The minimum Gasteiger partial charge on any atom is -0.396 e. The van der Waals surface area contributed by atoms with Crippen molar-refractivity contribution >= 4 is 5.82 Å². The lowest BCUT2D eigenvalue weighted by atomic mass is 9.94. The zero-order valence-electron chi connectivity index (χ0n) is 15.0. The van der Waals surface area contributed by atoms with Gasteiger partial charge in [-0.3, -0.25) is 4.79 Å². The molecule has 136 valence electrons. The van der Waals surface area contributed by atoms with Gasteiger partial charge in [0.15, 0.2) is 11.4 Å². The second-order valence-corrected chi connectivity index (χ2v) is 6.93. The number of piperidine rings is 1. The minimum absolute atomic E-state index is 0.0820. The van der Waals surface area contributed by atoms with Crippen molar-refractivity contribution in [2.45, 2.75) is 32.6 Å². The Morgan fingerprint density at radius 1 is 1.38 bits per heavy atom. The van der Waals surface area contributed by atoms with Gasteiger partial charge in [0.25, 0.3) is 5.56 Å². The molecule has 1 aromatic carbocycles. The van der Waals surface area contributed by atoms with Crippen molar-refractivity contribution in [1.29, 1.82) is 5.26 Å². The Labute approximate surface area is 153 Å². The van der Waals surface area contributed by atoms with Gasteiger partial charge in [-0.05, 0) is 37.7 Å². The first-order valence-electron chi connectivity index (χ1n) is 9.05. The maximum absolute atomic E-state index is 12.4. The predicted octanol–water partition coefficient (Wildman–Crippen LogP) is 2.14. The van der Waals surface area contributed by atoms with E-state index in [9.17, 15) is 10.1 Å². The van der Waals surface area contributed by atoms with Gasteiger partial charge in [0.2, 0.25) is 0 Å². The van der Waals surface area contributed by atoms with E-state index in [0.717, 1.165) is 43.5 Å². The Hall–Kier alpha value is -2.65. The largest absolute Gasteiger partial charge is 0.396 e. The summed E-state index contributed by atoms with van der Waals surface area (Å²) in [6, 6.07) is 10.1. The molecule has 3 rings (SSSR count). The van der Waals surface area contributed by atoms with Gasteiger partial charge in [0, 0.05) is 26.1 Å². The van der Waals surface area contributed by atoms with Crippen LogP contribution < -0.4 is 10.5 Å². The van der Waals surface area contributed by atoms with E-state index in [1.165, 1.54) is 0 Å². The van der Waals surface area contributed by atoms with Crippen LogP contribution in [0.4, 0.5) is 5.82 Å². The number of nitrogens with zero attached hydrogens (tertiary/aromatic N) is 3. The molecule has 26 heavy (non-hydrogen) atoms. The lowest BCUT2D eigenvalue weighted by Gasteiger charge is -2.33. The van der Waals surface area contributed by atoms with Gasteiger partial charge in [-0.25, -0.2) is 4.98 Å². The summed E-state index contributed by atoms with van der Waals surface area (Å²) >= 11 is 0. The minimum atomic E-state index is -0.377. The molecule has 0 amide bonds. The zero-order chi connectivity index (χ0) is 18.5. The molecular formula is C20H24N4O2. The van der Waals surface area contributed by atoms with Crippen LogP contribution in [0.3, 0.4) is 0 Å². The highest BCUT2D eigenvalue weighted by Crippen LogP contribution is 2.25. The number of hydrogen-bond donors (Lipinski definition) is 2. The number of hydrogen-bond acceptors (Lipinski definition) is 5. The lowest BCUT2D eigenvalue weighted by Crippen LogP contribution is -2.36. The molecule has 6 nitrogen and oxygen atoms in total. The Bertz CT molecular complexity index is 861. The van der Waals surface area contributed by atoms with Gasteiger partial charge in [-0.2, -0.15) is 5.26 Å². The van der Waals surface area contributed by atoms with Gasteiger partial charge < -0.3 is 15.0 Å². The van der Waals surface area contributed by atoms with Crippen LogP contribution in [0.15, 0.2) is 29.1 Å². The number of aromatic nitrogens is 2. The highest BCUT2D eigenvalue weighted by atomic mass is 16.3. The number of anilines is 1. The molecule has 1 aliphatic rings. The molecule has 1 saturated heterocycles. The van der Waals surface area contributed by atoms with Crippen LogP contribution in [0.25, 0.3) is 0 Å². The summed E-state index contributed by atoms with van der Waals surface area (Å²) in [6.45, 7) is 3.73. The van der Waals surface area contributed by atoms with Crippen molar-refractivity contribution in [3.63, 3.8) is 0 Å². The average Bonchev–Trinajstić information content (AvgIpc) is 2.62. The van der Waals surface area contributed by atoms with Crippen LogP contribution in [0.2, 0.25) is 0 Å². The van der Waals surface area contributed by atoms with Crippen LogP contribution in [0.5, 0.6) is 0 Å². The molecule has 1 fully saturated rings. The fraction of sp³-hybridized carbons (Fsp3) is 0.450. The van der Waals surface area contributed by atoms with Gasteiger partial charge in [0.05, 0.1) is 0 Å². The molecule has 0 radical (unpaired) electrons. The average molecular weight is 352 g/mol. The van der Waals surface area contributed by atoms with E-state index in [1.807, 2.05) is 36.1 Å². The number of aliphatic hydroxyl groups excluding tert-OH is 1. The Balaban J connectivity index is 1.86. The first kappa shape index (κ1) is 18.2. The quantitative estimate of drug-likeness (QED) is 0.860. The second-order valence-electron chi connectivity index (χ2n) is 6.93. The summed E-state index contributed by atoms with van der Waals surface area (Å²) in [5, 5.41) is 18.5. The molecule has 0 aliphatic carbocycles. The van der Waals surface area contributed by atoms with Crippen molar-refractivity contribution in [1.82, 2.24) is 9.97 Å². The summed E-state index contributed by atoms with van der Waals surface area (Å²) < 4.78 is 0. The summed E-state index contributed by atoms with van der Waals surface area (Å²) in [5.41, 5.74) is 1.94. The summed E-state index contributed by atoms with van der Waals surface area (Å²) in [5.74, 6) is 1.56. The smallest absolute Gasteiger partial charge is 0.271 e. The maximum Gasteiger partial charge on any atom is 0.271 e. The molecule has 1 aliphatic heterocycles. The summed E-state index contributed by atoms with van der Waals surface area (Å²) in [7, 11) is 0. The third-order valence-electron chi connectivity index (χ3n) is 4.97. The van der Waals surface area contributed by atoms with E-state index in [1.54, 1.807) is 0 Å². The fourth-order valence-electron chi connectivity index (χ4n) is 3.55. The van der Waals surface area contributed by atoms with Crippen LogP contribution >= 0.6 is 0 Å². The highest BCUT2D eigenvalue weighted by Gasteiger charge is 2.23. The molecule has 0 bridgehead atoms. The van der Waals surface area contributed by atoms with E-state index in [0.29, 0.717) is 24.0 Å². The number of aromatic amines is 1. The van der Waals surface area contributed by atoms with Crippen LogP contribution in [0.1, 0.15) is 41.8 Å². The monoisotopic (exact) mass is 352 g/mol. The van der Waals surface area contributed by atoms with E-state index < -0.39 is 0 Å². The summed E-state index contributed by atoms with van der Waals surface area (Å²) in [6.07, 6.45) is 3.21. The number of aryl methyl sites for hydroxylation is 1. The maximum atomic E-state index is 12.4. The van der Waals surface area contributed by atoms with Gasteiger partial charge >= 0.3 is 0 Å². The normalized spacial score (nSPS) is 15.0. The van der Waals surface area contributed by atoms with Crippen LogP contribution in [-0.2, 0) is 6.42 Å². The lowest BCUT2D eigenvalue weighted by molar-refractivity contribution is 0.240. The van der Waals surface area contributed by atoms with Crippen molar-refractivity contribution < 1.29 is 5.11 Å². The number of benzene rings is 1. The van der Waals surface area contributed by atoms with Crippen LogP contribution in [-0.4, -0.2) is 34.8 Å². The first-order valence-corrected chi connectivity index (χ1v) is 9.05. The molecule has 0 unspecified atom stereocenters. The highest BCUT2D eigenvalue weighted by molar-refractivity contribution is 5.53. The van der Waals surface area contributed by atoms with Crippen molar-refractivity contribution in [2.24, 2.45) is 5.92 Å². The SMILES string of the molecule is Cc1cccc(Cc2nc(N3CCC(CCO)CC3)c(C#N)c(=O)[nH]2)c1. The molecule has 2 heterocycles. The Morgan fingerprint density at radius 3 is 2.81 bits per heavy atom. The molecule has 0 atom stereocenters. The first-order chi connectivity index (χ1) is 12.6. The third kappa shape index (κ3) is 4.12. The molecule has 6 heteroatoms. The molecule has 2 aromatic rings. The molecular weight excluding hydrogens is 328 g/mol. The van der Waals surface area contributed by atoms with E-state index >= 15 is 0 Å². The molecule has 2 N–H and O–H groups in total. The van der Waals surface area contributed by atoms with Crippen molar-refractivity contribution in [2.75, 3.05) is 24.6 Å². The second kappa shape index (κ2) is 8.15. The molecule has 0 saturated carbocycles. The van der Waals surface area contributed by atoms with E-state index in [4.69, 9.17) is 5.11 Å². The predicted molar refractivity (Wildman–Crippen MR) is 100 cm³/mol. The van der Waals surface area contributed by atoms with Crippen molar-refractivity contribution in [3.8, 4) is 6.07 Å². The molecule has 0 spiro atoms. The number of nitrogens with one attached hydrogen (secondary N) is 1. The summed E-state index contributed by atoms with van der Waals surface area (Å²) in [4.78, 5) is 21.8. The van der Waals surface area contributed by atoms with Gasteiger partial charge in [0.1, 0.15) is 11.9 Å². The van der Waals surface area contributed by atoms with Gasteiger partial charge in [-0.1, -0.05) is 29.8 Å². The van der Waals surface area contributed by atoms with E-state index in [-0.39, 0.29) is 17.7 Å². The number of nitriles is 1. The zero-order valence-corrected chi connectivity index (χ0v) is 15.0. The number of H-pyrrole nitrogens is 1. The number of aliphatic hydroxyl groups is 1. The Morgan fingerprint density at radius 2 is 2.15 bits per heavy atom. The number of rotatable bonds is 5. The van der Waals surface area contributed by atoms with Crippen LogP contribution in [0, 0.1) is 24.2 Å². The molecule has 1 aromatic heterocycles. The Kier molecular flexibility index (Phi) is 5.69. The fourth-order valence-corrected chi connectivity index (χ4v) is 3.55. The third-order valence-corrected chi connectivity index (χ3v) is 4.97. The topological polar surface area (TPSA) is 93.0 Å². The standard InChI is InChI=1S/C20H24N4O2/c1-14-3-2-4-16(11-14)12-18-22-19(17(13-21)20(26)23-18)24-8-5-15(6-9-24)7-10-25/h2-4,11,15,25H,5-10,12H2,1H3,(H,22,23,26). The van der Waals surface area contributed by atoms with Crippen molar-refractivity contribution in [3.05, 3.63) is 57.1 Å². The van der Waals surface area contributed by atoms with E-state index in [2.05, 4.69) is 16.0 Å². The van der Waals surface area contributed by atoms with Gasteiger partial charge in [-0.15, -0.1) is 0 Å².